The SMILES string of the molecule is O=C1Nc2ccc(-c3cc(C(F)(F)F)ccc3F)cc2C(=O)N2CCNC[C@H]12. The van der Waals surface area contributed by atoms with Gasteiger partial charge in [0.15, 0.2) is 0 Å². The summed E-state index contributed by atoms with van der Waals surface area (Å²) in [4.78, 5) is 26.8. The molecule has 5 nitrogen and oxygen atoms in total. The zero-order valence-corrected chi connectivity index (χ0v) is 14.4. The van der Waals surface area contributed by atoms with Gasteiger partial charge in [-0.05, 0) is 35.9 Å². The van der Waals surface area contributed by atoms with Crippen LogP contribution < -0.4 is 10.6 Å². The molecular weight excluding hydrogens is 378 g/mol. The third-order valence-electron chi connectivity index (χ3n) is 4.92. The summed E-state index contributed by atoms with van der Waals surface area (Å²) in [6, 6.07) is 5.56. The van der Waals surface area contributed by atoms with Crippen molar-refractivity contribution < 1.29 is 27.2 Å². The fourth-order valence-electron chi connectivity index (χ4n) is 3.47. The van der Waals surface area contributed by atoms with Crippen LogP contribution in [-0.2, 0) is 11.0 Å². The van der Waals surface area contributed by atoms with Crippen molar-refractivity contribution in [1.82, 2.24) is 10.2 Å². The average molecular weight is 393 g/mol. The number of fused-ring (bicyclic) bond motifs is 2. The van der Waals surface area contributed by atoms with Crippen molar-refractivity contribution in [2.75, 3.05) is 25.0 Å². The van der Waals surface area contributed by atoms with E-state index in [2.05, 4.69) is 10.6 Å². The van der Waals surface area contributed by atoms with E-state index in [9.17, 15) is 27.2 Å². The van der Waals surface area contributed by atoms with E-state index in [1.165, 1.54) is 23.1 Å². The number of anilines is 1. The summed E-state index contributed by atoms with van der Waals surface area (Å²) in [5.41, 5.74) is -0.760. The highest BCUT2D eigenvalue weighted by Crippen LogP contribution is 2.35. The van der Waals surface area contributed by atoms with E-state index in [0.717, 1.165) is 6.07 Å². The second-order valence-electron chi connectivity index (χ2n) is 6.66. The largest absolute Gasteiger partial charge is 0.416 e. The summed E-state index contributed by atoms with van der Waals surface area (Å²) in [5.74, 6) is -1.61. The minimum atomic E-state index is -4.62. The minimum absolute atomic E-state index is 0.118. The van der Waals surface area contributed by atoms with Gasteiger partial charge in [0.2, 0.25) is 5.91 Å². The minimum Gasteiger partial charge on any atom is -0.324 e. The molecule has 0 bridgehead atoms. The van der Waals surface area contributed by atoms with Crippen LogP contribution in [-0.4, -0.2) is 42.4 Å². The number of rotatable bonds is 1. The Kier molecular flexibility index (Phi) is 4.34. The average Bonchev–Trinajstić information content (AvgIpc) is 2.77. The first-order chi connectivity index (χ1) is 13.3. The van der Waals surface area contributed by atoms with Crippen molar-refractivity contribution >= 4 is 17.5 Å². The van der Waals surface area contributed by atoms with Gasteiger partial charge in [-0.25, -0.2) is 4.39 Å². The monoisotopic (exact) mass is 393 g/mol. The Hall–Kier alpha value is -2.94. The Labute approximate surface area is 157 Å². The molecular formula is C19H15F4N3O2. The Morgan fingerprint density at radius 2 is 1.82 bits per heavy atom. The van der Waals surface area contributed by atoms with Gasteiger partial charge < -0.3 is 15.5 Å². The number of piperazine rings is 1. The molecule has 0 spiro atoms. The maximum absolute atomic E-state index is 14.2. The zero-order valence-electron chi connectivity index (χ0n) is 14.4. The lowest BCUT2D eigenvalue weighted by atomic mass is 9.98. The summed E-state index contributed by atoms with van der Waals surface area (Å²) < 4.78 is 53.2. The number of amides is 2. The van der Waals surface area contributed by atoms with Gasteiger partial charge >= 0.3 is 6.18 Å². The van der Waals surface area contributed by atoms with Crippen molar-refractivity contribution in [3.8, 4) is 11.1 Å². The fraction of sp³-hybridized carbons (Fsp3) is 0.263. The van der Waals surface area contributed by atoms with Gasteiger partial charge in [-0.2, -0.15) is 13.2 Å². The molecule has 2 aliphatic heterocycles. The number of hydrogen-bond acceptors (Lipinski definition) is 3. The molecule has 0 unspecified atom stereocenters. The van der Waals surface area contributed by atoms with Gasteiger partial charge in [-0.3, -0.25) is 9.59 Å². The van der Waals surface area contributed by atoms with Crippen LogP contribution in [0.4, 0.5) is 23.2 Å². The van der Waals surface area contributed by atoms with Crippen molar-refractivity contribution in [3.05, 3.63) is 53.3 Å². The van der Waals surface area contributed by atoms with Crippen LogP contribution in [0.3, 0.4) is 0 Å². The van der Waals surface area contributed by atoms with Gasteiger partial charge in [0.05, 0.1) is 16.8 Å². The first-order valence-corrected chi connectivity index (χ1v) is 8.59. The number of benzene rings is 2. The first kappa shape index (κ1) is 18.4. The first-order valence-electron chi connectivity index (χ1n) is 8.59. The topological polar surface area (TPSA) is 61.4 Å². The predicted molar refractivity (Wildman–Crippen MR) is 93.2 cm³/mol. The molecule has 0 aliphatic carbocycles. The third kappa shape index (κ3) is 3.11. The maximum Gasteiger partial charge on any atom is 0.416 e. The molecule has 0 radical (unpaired) electrons. The summed E-state index contributed by atoms with van der Waals surface area (Å²) in [6.45, 7) is 1.14. The summed E-state index contributed by atoms with van der Waals surface area (Å²) >= 11 is 0. The molecule has 146 valence electrons. The summed E-state index contributed by atoms with van der Waals surface area (Å²) in [5, 5.41) is 5.71. The molecule has 28 heavy (non-hydrogen) atoms. The highest BCUT2D eigenvalue weighted by atomic mass is 19.4. The van der Waals surface area contributed by atoms with E-state index < -0.39 is 29.5 Å². The Balaban J connectivity index is 1.80. The van der Waals surface area contributed by atoms with Crippen LogP contribution in [0.5, 0.6) is 0 Å². The van der Waals surface area contributed by atoms with E-state index in [1.54, 1.807) is 0 Å². The number of halogens is 4. The van der Waals surface area contributed by atoms with E-state index in [0.29, 0.717) is 31.8 Å². The second-order valence-corrected chi connectivity index (χ2v) is 6.66. The lowest BCUT2D eigenvalue weighted by molar-refractivity contribution is -0.137. The van der Waals surface area contributed by atoms with Crippen molar-refractivity contribution in [2.45, 2.75) is 12.2 Å². The molecule has 2 N–H and O–H groups in total. The van der Waals surface area contributed by atoms with Crippen molar-refractivity contribution in [3.63, 3.8) is 0 Å². The van der Waals surface area contributed by atoms with E-state index in [4.69, 9.17) is 0 Å². The summed E-state index contributed by atoms with van der Waals surface area (Å²) in [7, 11) is 0. The smallest absolute Gasteiger partial charge is 0.324 e. The highest BCUT2D eigenvalue weighted by molar-refractivity contribution is 6.10. The van der Waals surface area contributed by atoms with Crippen LogP contribution in [0.25, 0.3) is 11.1 Å². The summed E-state index contributed by atoms with van der Waals surface area (Å²) in [6.07, 6.45) is -4.62. The molecule has 2 amide bonds. The van der Waals surface area contributed by atoms with Gasteiger partial charge in [0, 0.05) is 25.2 Å². The standard InChI is InChI=1S/C19H15F4N3O2/c20-14-3-2-11(19(21,22)23)8-12(14)10-1-4-15-13(7-10)18(28)26-6-5-24-9-16(26)17(27)25-15/h1-4,7-8,16,24H,5-6,9H2,(H,25,27)/t16-/m1/s1. The molecule has 0 aromatic heterocycles. The number of nitrogens with one attached hydrogen (secondary N) is 2. The molecule has 9 heteroatoms. The molecule has 2 aliphatic rings. The lowest BCUT2D eigenvalue weighted by Crippen LogP contribution is -2.57. The van der Waals surface area contributed by atoms with Crippen molar-refractivity contribution in [1.29, 1.82) is 0 Å². The number of alkyl halides is 3. The van der Waals surface area contributed by atoms with Gasteiger partial charge in [-0.1, -0.05) is 6.07 Å². The van der Waals surface area contributed by atoms with Gasteiger partial charge in [0.25, 0.3) is 5.91 Å². The molecule has 2 aromatic rings. The zero-order chi connectivity index (χ0) is 20.1. The molecule has 2 heterocycles. The quantitative estimate of drug-likeness (QED) is 0.733. The van der Waals surface area contributed by atoms with Gasteiger partial charge in [0.1, 0.15) is 11.9 Å². The van der Waals surface area contributed by atoms with Gasteiger partial charge in [-0.15, -0.1) is 0 Å². The third-order valence-corrected chi connectivity index (χ3v) is 4.92. The lowest BCUT2D eigenvalue weighted by Gasteiger charge is -2.33. The van der Waals surface area contributed by atoms with E-state index in [-0.39, 0.29) is 28.3 Å². The normalized spacial score (nSPS) is 19.6. The highest BCUT2D eigenvalue weighted by Gasteiger charge is 2.37. The number of carbonyl (C=O) groups is 2. The predicted octanol–water partition coefficient (Wildman–Crippen LogP) is 2.88. The molecule has 1 atom stereocenters. The Bertz CT molecular complexity index is 974. The Morgan fingerprint density at radius 3 is 2.57 bits per heavy atom. The van der Waals surface area contributed by atoms with Crippen LogP contribution in [0.2, 0.25) is 0 Å². The maximum atomic E-state index is 14.2. The van der Waals surface area contributed by atoms with E-state index >= 15 is 0 Å². The molecule has 1 fully saturated rings. The number of carbonyl (C=O) groups excluding carboxylic acids is 2. The van der Waals surface area contributed by atoms with Crippen LogP contribution in [0.1, 0.15) is 15.9 Å². The van der Waals surface area contributed by atoms with Crippen LogP contribution in [0, 0.1) is 5.82 Å². The second kappa shape index (κ2) is 6.59. The number of hydrogen-bond donors (Lipinski definition) is 2. The molecule has 2 aromatic carbocycles. The Morgan fingerprint density at radius 1 is 1.04 bits per heavy atom. The molecule has 1 saturated heterocycles. The molecule has 4 rings (SSSR count). The van der Waals surface area contributed by atoms with Crippen LogP contribution in [0.15, 0.2) is 36.4 Å². The van der Waals surface area contributed by atoms with E-state index in [1.807, 2.05) is 0 Å². The van der Waals surface area contributed by atoms with Crippen molar-refractivity contribution in [2.24, 2.45) is 0 Å². The van der Waals surface area contributed by atoms with Crippen LogP contribution >= 0.6 is 0 Å². The molecule has 0 saturated carbocycles. The number of nitrogens with zero attached hydrogens (tertiary/aromatic N) is 1. The fourth-order valence-corrected chi connectivity index (χ4v) is 3.47.